The first kappa shape index (κ1) is 11.7. The van der Waals surface area contributed by atoms with Gasteiger partial charge in [0.2, 0.25) is 0 Å². The van der Waals surface area contributed by atoms with Crippen LogP contribution in [0.4, 0.5) is 0 Å². The number of nitrogens with zero attached hydrogens (tertiary/aromatic N) is 2. The van der Waals surface area contributed by atoms with Gasteiger partial charge in [0.1, 0.15) is 0 Å². The van der Waals surface area contributed by atoms with Gasteiger partial charge in [-0.2, -0.15) is 0 Å². The van der Waals surface area contributed by atoms with Crippen LogP contribution in [-0.2, 0) is 14.4 Å². The van der Waals surface area contributed by atoms with Gasteiger partial charge >= 0.3 is 0 Å². The lowest BCUT2D eigenvalue weighted by molar-refractivity contribution is 0.388. The Balaban J connectivity index is 3.16. The Morgan fingerprint density at radius 3 is 2.31 bits per heavy atom. The zero-order valence-corrected chi connectivity index (χ0v) is 12.5. The lowest BCUT2D eigenvalue weighted by Crippen LogP contribution is -2.22. The standard InChI is InChI=1S/C9H14I2N2/c1-9(2,3)13-6-12-7(4-10)8(13)5-11/h6H,4-5H2,1-3H3. The Morgan fingerprint density at radius 1 is 1.31 bits per heavy atom. The zero-order chi connectivity index (χ0) is 10.1. The van der Waals surface area contributed by atoms with Crippen molar-refractivity contribution in [2.24, 2.45) is 0 Å². The molecule has 0 saturated carbocycles. The molecule has 0 aliphatic rings. The van der Waals surface area contributed by atoms with E-state index in [1.54, 1.807) is 0 Å². The topological polar surface area (TPSA) is 17.8 Å². The van der Waals surface area contributed by atoms with Gasteiger partial charge in [0, 0.05) is 14.4 Å². The number of aromatic nitrogens is 2. The fraction of sp³-hybridized carbons (Fsp3) is 0.667. The quantitative estimate of drug-likeness (QED) is 0.545. The van der Waals surface area contributed by atoms with Crippen molar-refractivity contribution in [2.45, 2.75) is 35.2 Å². The first-order valence-corrected chi connectivity index (χ1v) is 7.23. The summed E-state index contributed by atoms with van der Waals surface area (Å²) in [4.78, 5) is 4.42. The molecule has 0 aliphatic heterocycles. The van der Waals surface area contributed by atoms with Gasteiger partial charge in [-0.1, -0.05) is 45.2 Å². The molecule has 74 valence electrons. The molecule has 0 aliphatic carbocycles. The Labute approximate surface area is 107 Å². The number of rotatable bonds is 2. The number of halogens is 2. The van der Waals surface area contributed by atoms with E-state index in [4.69, 9.17) is 0 Å². The van der Waals surface area contributed by atoms with Gasteiger partial charge in [-0.15, -0.1) is 0 Å². The number of hydrogen-bond donors (Lipinski definition) is 0. The first-order valence-electron chi connectivity index (χ1n) is 4.18. The van der Waals surface area contributed by atoms with Crippen molar-refractivity contribution in [2.75, 3.05) is 0 Å². The van der Waals surface area contributed by atoms with Crippen molar-refractivity contribution in [3.8, 4) is 0 Å². The molecule has 1 heterocycles. The Hall–Kier alpha value is 0.670. The monoisotopic (exact) mass is 404 g/mol. The van der Waals surface area contributed by atoms with E-state index in [-0.39, 0.29) is 5.54 Å². The average molecular weight is 404 g/mol. The van der Waals surface area contributed by atoms with Crippen molar-refractivity contribution < 1.29 is 0 Å². The first-order chi connectivity index (χ1) is 6.00. The number of alkyl halides is 2. The summed E-state index contributed by atoms with van der Waals surface area (Å²) in [6.45, 7) is 6.63. The summed E-state index contributed by atoms with van der Waals surface area (Å²) in [6.07, 6.45) is 1.96. The predicted octanol–water partition coefficient (Wildman–Crippen LogP) is 3.51. The fourth-order valence-corrected chi connectivity index (χ4v) is 2.69. The Bertz CT molecular complexity index is 286. The maximum absolute atomic E-state index is 4.42. The van der Waals surface area contributed by atoms with Crippen LogP contribution in [0.2, 0.25) is 0 Å². The van der Waals surface area contributed by atoms with Crippen molar-refractivity contribution in [1.82, 2.24) is 9.55 Å². The maximum atomic E-state index is 4.42. The molecular weight excluding hydrogens is 390 g/mol. The highest BCUT2D eigenvalue weighted by atomic mass is 127. The third kappa shape index (κ3) is 2.57. The average Bonchev–Trinajstić information content (AvgIpc) is 2.45. The van der Waals surface area contributed by atoms with E-state index in [2.05, 4.69) is 75.5 Å². The van der Waals surface area contributed by atoms with E-state index in [1.165, 1.54) is 11.4 Å². The van der Waals surface area contributed by atoms with Gasteiger partial charge in [0.05, 0.1) is 17.7 Å². The summed E-state index contributed by atoms with van der Waals surface area (Å²) in [5, 5.41) is 0. The zero-order valence-electron chi connectivity index (χ0n) is 8.14. The summed E-state index contributed by atoms with van der Waals surface area (Å²) < 4.78 is 4.31. The highest BCUT2D eigenvalue weighted by Gasteiger charge is 2.18. The summed E-state index contributed by atoms with van der Waals surface area (Å²) >= 11 is 4.77. The molecule has 13 heavy (non-hydrogen) atoms. The second kappa shape index (κ2) is 4.46. The lowest BCUT2D eigenvalue weighted by atomic mass is 10.1. The van der Waals surface area contributed by atoms with E-state index in [0.717, 1.165) is 8.86 Å². The molecule has 0 aromatic carbocycles. The third-order valence-electron chi connectivity index (χ3n) is 1.93. The smallest absolute Gasteiger partial charge is 0.0957 e. The van der Waals surface area contributed by atoms with Crippen molar-refractivity contribution >= 4 is 45.2 Å². The molecule has 0 N–H and O–H groups in total. The Morgan fingerprint density at radius 2 is 1.92 bits per heavy atom. The maximum Gasteiger partial charge on any atom is 0.0957 e. The lowest BCUT2D eigenvalue weighted by Gasteiger charge is -2.23. The third-order valence-corrected chi connectivity index (χ3v) is 3.37. The number of imidazole rings is 1. The SMILES string of the molecule is CC(C)(C)n1cnc(CI)c1CI. The molecular formula is C9H14I2N2. The van der Waals surface area contributed by atoms with Crippen LogP contribution in [-0.4, -0.2) is 9.55 Å². The Kier molecular flexibility index (Phi) is 4.03. The summed E-state index contributed by atoms with van der Waals surface area (Å²) in [5.74, 6) is 0. The molecule has 0 saturated heterocycles. The van der Waals surface area contributed by atoms with Crippen LogP contribution in [0, 0.1) is 0 Å². The molecule has 0 fully saturated rings. The molecule has 0 bridgehead atoms. The summed E-state index contributed by atoms with van der Waals surface area (Å²) in [6, 6.07) is 0. The molecule has 0 spiro atoms. The molecule has 0 amide bonds. The molecule has 1 aromatic heterocycles. The minimum Gasteiger partial charge on any atom is -0.328 e. The second-order valence-corrected chi connectivity index (χ2v) is 5.47. The molecule has 0 radical (unpaired) electrons. The van der Waals surface area contributed by atoms with Crippen LogP contribution in [0.15, 0.2) is 6.33 Å². The van der Waals surface area contributed by atoms with Crippen LogP contribution in [0.3, 0.4) is 0 Å². The van der Waals surface area contributed by atoms with Gasteiger partial charge in [-0.05, 0) is 20.8 Å². The molecule has 2 nitrogen and oxygen atoms in total. The van der Waals surface area contributed by atoms with Gasteiger partial charge in [-0.3, -0.25) is 0 Å². The van der Waals surface area contributed by atoms with Gasteiger partial charge in [0.25, 0.3) is 0 Å². The summed E-state index contributed by atoms with van der Waals surface area (Å²) in [5.41, 5.74) is 2.74. The minimum atomic E-state index is 0.150. The largest absolute Gasteiger partial charge is 0.328 e. The normalized spacial score (nSPS) is 12.1. The van der Waals surface area contributed by atoms with Crippen molar-refractivity contribution in [1.29, 1.82) is 0 Å². The van der Waals surface area contributed by atoms with E-state index in [1.807, 2.05) is 6.33 Å². The fourth-order valence-electron chi connectivity index (χ4n) is 1.24. The van der Waals surface area contributed by atoms with Crippen LogP contribution >= 0.6 is 45.2 Å². The van der Waals surface area contributed by atoms with Crippen LogP contribution in [0.5, 0.6) is 0 Å². The molecule has 4 heteroatoms. The highest BCUT2D eigenvalue weighted by Crippen LogP contribution is 2.22. The molecule has 0 atom stereocenters. The van der Waals surface area contributed by atoms with E-state index in [0.29, 0.717) is 0 Å². The van der Waals surface area contributed by atoms with Gasteiger partial charge in [0.15, 0.2) is 0 Å². The predicted molar refractivity (Wildman–Crippen MR) is 72.7 cm³/mol. The molecule has 0 unspecified atom stereocenters. The minimum absolute atomic E-state index is 0.150. The van der Waals surface area contributed by atoms with Gasteiger partial charge in [-0.25, -0.2) is 4.98 Å². The van der Waals surface area contributed by atoms with Crippen molar-refractivity contribution in [3.05, 3.63) is 17.7 Å². The van der Waals surface area contributed by atoms with Crippen LogP contribution in [0.25, 0.3) is 0 Å². The molecule has 1 rings (SSSR count). The summed E-state index contributed by atoms with van der Waals surface area (Å²) in [7, 11) is 0. The highest BCUT2D eigenvalue weighted by molar-refractivity contribution is 14.1. The molecule has 1 aromatic rings. The second-order valence-electron chi connectivity index (χ2n) is 3.95. The number of hydrogen-bond acceptors (Lipinski definition) is 1. The van der Waals surface area contributed by atoms with Crippen LogP contribution < -0.4 is 0 Å². The van der Waals surface area contributed by atoms with E-state index < -0.39 is 0 Å². The van der Waals surface area contributed by atoms with E-state index in [9.17, 15) is 0 Å². The van der Waals surface area contributed by atoms with Crippen LogP contribution in [0.1, 0.15) is 32.2 Å². The van der Waals surface area contributed by atoms with E-state index >= 15 is 0 Å². The van der Waals surface area contributed by atoms with Crippen molar-refractivity contribution in [3.63, 3.8) is 0 Å². The van der Waals surface area contributed by atoms with Gasteiger partial charge < -0.3 is 4.57 Å².